The lowest BCUT2D eigenvalue weighted by Gasteiger charge is -2.42. The van der Waals surface area contributed by atoms with Gasteiger partial charge >= 0.3 is 17.9 Å². The molecule has 10 heteroatoms. The van der Waals surface area contributed by atoms with Crippen molar-refractivity contribution in [2.45, 2.75) is 45.1 Å². The molecule has 0 fully saturated rings. The van der Waals surface area contributed by atoms with E-state index in [4.69, 9.17) is 23.7 Å². The first-order chi connectivity index (χ1) is 14.2. The Balaban J connectivity index is 1.86. The molecule has 158 valence electrons. The van der Waals surface area contributed by atoms with Crippen LogP contribution < -0.4 is 14.8 Å². The minimum absolute atomic E-state index is 0.0307. The summed E-state index contributed by atoms with van der Waals surface area (Å²) in [6.07, 6.45) is -1.70. The van der Waals surface area contributed by atoms with Crippen molar-refractivity contribution in [2.75, 3.05) is 6.79 Å². The van der Waals surface area contributed by atoms with E-state index in [0.717, 1.165) is 0 Å². The molecule has 0 saturated heterocycles. The number of fused-ring (bicyclic) bond motifs is 4. The molecule has 1 aliphatic carbocycles. The number of hydrogen-bond donors (Lipinski definition) is 1. The van der Waals surface area contributed by atoms with Crippen molar-refractivity contribution in [3.63, 3.8) is 0 Å². The van der Waals surface area contributed by atoms with E-state index in [1.807, 2.05) is 0 Å². The summed E-state index contributed by atoms with van der Waals surface area (Å²) in [5.74, 6) is -1.44. The first kappa shape index (κ1) is 19.7. The van der Waals surface area contributed by atoms with Gasteiger partial charge in [0.2, 0.25) is 6.79 Å². The van der Waals surface area contributed by atoms with Crippen LogP contribution in [0.15, 0.2) is 18.2 Å². The summed E-state index contributed by atoms with van der Waals surface area (Å²) < 4.78 is 26.9. The van der Waals surface area contributed by atoms with Gasteiger partial charge in [-0.1, -0.05) is 0 Å². The average molecular weight is 417 g/mol. The smallest absolute Gasteiger partial charge is 0.303 e. The molecular weight excluding hydrogens is 398 g/mol. The van der Waals surface area contributed by atoms with Crippen molar-refractivity contribution in [1.82, 2.24) is 5.32 Å². The van der Waals surface area contributed by atoms with E-state index in [-0.39, 0.29) is 6.79 Å². The van der Waals surface area contributed by atoms with Crippen molar-refractivity contribution < 1.29 is 42.9 Å². The normalized spacial score (nSPS) is 25.8. The van der Waals surface area contributed by atoms with E-state index in [1.165, 1.54) is 20.8 Å². The first-order valence-corrected chi connectivity index (χ1v) is 9.23. The highest BCUT2D eigenvalue weighted by Gasteiger charge is 2.49. The lowest BCUT2D eigenvalue weighted by molar-refractivity contribution is -0.181. The summed E-state index contributed by atoms with van der Waals surface area (Å²) in [6.45, 7) is 3.62. The highest BCUT2D eigenvalue weighted by Crippen LogP contribution is 2.43. The maximum atomic E-state index is 12.8. The fraction of sp³-hybridized carbons (Fsp3) is 0.400. The van der Waals surface area contributed by atoms with Gasteiger partial charge in [-0.3, -0.25) is 19.2 Å². The largest absolute Gasteiger partial charge is 0.456 e. The van der Waals surface area contributed by atoms with Crippen molar-refractivity contribution in [2.24, 2.45) is 0 Å². The van der Waals surface area contributed by atoms with Gasteiger partial charge in [-0.25, -0.2) is 0 Å². The van der Waals surface area contributed by atoms with Crippen LogP contribution in [0.25, 0.3) is 5.57 Å². The van der Waals surface area contributed by atoms with Crippen LogP contribution in [0.1, 0.15) is 36.7 Å². The number of nitrogens with one attached hydrogen (secondary N) is 1. The summed E-state index contributed by atoms with van der Waals surface area (Å²) in [5, 5.41) is 2.79. The third kappa shape index (κ3) is 3.44. The number of hydrogen-bond acceptors (Lipinski definition) is 9. The van der Waals surface area contributed by atoms with Crippen LogP contribution >= 0.6 is 0 Å². The number of carbonyl (C=O) groups is 4. The van der Waals surface area contributed by atoms with E-state index in [1.54, 1.807) is 18.2 Å². The molecule has 1 N–H and O–H groups in total. The van der Waals surface area contributed by atoms with E-state index in [2.05, 4.69) is 5.32 Å². The summed E-state index contributed by atoms with van der Waals surface area (Å²) in [4.78, 5) is 47.9. The van der Waals surface area contributed by atoms with Gasteiger partial charge in [-0.2, -0.15) is 0 Å². The number of ether oxygens (including phenoxy) is 5. The second-order valence-electron chi connectivity index (χ2n) is 7.05. The minimum Gasteiger partial charge on any atom is -0.456 e. The summed E-state index contributed by atoms with van der Waals surface area (Å²) in [7, 11) is 0. The van der Waals surface area contributed by atoms with E-state index >= 15 is 0 Å². The Kier molecular flexibility index (Phi) is 4.84. The average Bonchev–Trinajstić information content (AvgIpc) is 3.10. The molecule has 4 atom stereocenters. The number of rotatable bonds is 3. The highest BCUT2D eigenvalue weighted by atomic mass is 16.7. The van der Waals surface area contributed by atoms with Crippen LogP contribution in [-0.4, -0.2) is 55.0 Å². The quantitative estimate of drug-likeness (QED) is 0.559. The van der Waals surface area contributed by atoms with Crippen molar-refractivity contribution in [3.05, 3.63) is 29.3 Å². The number of carbonyl (C=O) groups excluding carboxylic acids is 4. The van der Waals surface area contributed by atoms with Crippen molar-refractivity contribution >= 4 is 29.4 Å². The SMILES string of the molecule is CC(=O)OC1C=C2c3cc4c(cc3C(=O)NC2C(OC(C)=O)C1OC(C)=O)OCO4. The van der Waals surface area contributed by atoms with Gasteiger partial charge in [0.1, 0.15) is 0 Å². The molecule has 10 nitrogen and oxygen atoms in total. The van der Waals surface area contributed by atoms with Crippen LogP contribution in [0.2, 0.25) is 0 Å². The summed E-state index contributed by atoms with van der Waals surface area (Å²) >= 11 is 0. The van der Waals surface area contributed by atoms with Gasteiger partial charge in [0, 0.05) is 20.8 Å². The summed E-state index contributed by atoms with van der Waals surface area (Å²) in [6, 6.07) is 2.38. The van der Waals surface area contributed by atoms with Crippen LogP contribution in [0.3, 0.4) is 0 Å². The Hall–Kier alpha value is -3.56. The Labute approximate surface area is 171 Å². The van der Waals surface area contributed by atoms with Gasteiger partial charge < -0.3 is 29.0 Å². The molecule has 3 aliphatic rings. The number of benzene rings is 1. The van der Waals surface area contributed by atoms with Crippen LogP contribution in [0.5, 0.6) is 11.5 Å². The third-order valence-corrected chi connectivity index (χ3v) is 4.92. The summed E-state index contributed by atoms with van der Waals surface area (Å²) in [5.41, 5.74) is 1.39. The molecule has 0 radical (unpaired) electrons. The molecule has 0 aromatic heterocycles. The van der Waals surface area contributed by atoms with E-state index in [0.29, 0.717) is 28.2 Å². The Bertz CT molecular complexity index is 983. The standard InChI is InChI=1S/C20H19NO9/c1-8(22)28-16-5-12-11-4-14-15(27-7-26-14)6-13(11)20(25)21-17(12)19(30-10(3)24)18(16)29-9(2)23/h4-6,16-19H,7H2,1-3H3,(H,21,25). The Morgan fingerprint density at radius 1 is 0.900 bits per heavy atom. The highest BCUT2D eigenvalue weighted by molar-refractivity contribution is 6.05. The lowest BCUT2D eigenvalue weighted by Crippen LogP contribution is -2.60. The second-order valence-corrected chi connectivity index (χ2v) is 7.05. The zero-order valence-electron chi connectivity index (χ0n) is 16.4. The number of amides is 1. The fourth-order valence-electron chi connectivity index (χ4n) is 3.88. The second kappa shape index (κ2) is 7.36. The molecule has 2 aliphatic heterocycles. The predicted octanol–water partition coefficient (Wildman–Crippen LogP) is 0.719. The molecule has 4 unspecified atom stereocenters. The monoisotopic (exact) mass is 417 g/mol. The molecule has 1 aromatic carbocycles. The van der Waals surface area contributed by atoms with Gasteiger partial charge in [-0.15, -0.1) is 0 Å². The maximum Gasteiger partial charge on any atom is 0.303 e. The first-order valence-electron chi connectivity index (χ1n) is 9.23. The zero-order valence-corrected chi connectivity index (χ0v) is 16.4. The molecule has 30 heavy (non-hydrogen) atoms. The van der Waals surface area contributed by atoms with Gasteiger partial charge in [0.05, 0.1) is 11.6 Å². The van der Waals surface area contributed by atoms with E-state index in [9.17, 15) is 19.2 Å². The fourth-order valence-corrected chi connectivity index (χ4v) is 3.88. The lowest BCUT2D eigenvalue weighted by atomic mass is 9.79. The van der Waals surface area contributed by atoms with Gasteiger partial charge in [0.25, 0.3) is 5.91 Å². The molecule has 4 rings (SSSR count). The maximum absolute atomic E-state index is 12.8. The van der Waals surface area contributed by atoms with Crippen LogP contribution in [-0.2, 0) is 28.6 Å². The zero-order chi connectivity index (χ0) is 21.6. The minimum atomic E-state index is -1.14. The molecule has 1 amide bonds. The van der Waals surface area contributed by atoms with Crippen molar-refractivity contribution in [1.29, 1.82) is 0 Å². The van der Waals surface area contributed by atoms with Crippen LogP contribution in [0.4, 0.5) is 0 Å². The van der Waals surface area contributed by atoms with Crippen LogP contribution in [0, 0.1) is 0 Å². The molecular formula is C20H19NO9. The molecule has 0 saturated carbocycles. The molecule has 2 heterocycles. The predicted molar refractivity (Wildman–Crippen MR) is 98.5 cm³/mol. The molecule has 0 bridgehead atoms. The molecule has 0 spiro atoms. The molecule has 1 aromatic rings. The Morgan fingerprint density at radius 3 is 2.07 bits per heavy atom. The van der Waals surface area contributed by atoms with Gasteiger partial charge in [0.15, 0.2) is 29.8 Å². The topological polar surface area (TPSA) is 126 Å². The van der Waals surface area contributed by atoms with Gasteiger partial charge in [-0.05, 0) is 29.3 Å². The Morgan fingerprint density at radius 2 is 1.47 bits per heavy atom. The third-order valence-electron chi connectivity index (χ3n) is 4.92. The number of esters is 3. The van der Waals surface area contributed by atoms with E-state index < -0.39 is 48.2 Å². The van der Waals surface area contributed by atoms with Crippen molar-refractivity contribution in [3.8, 4) is 11.5 Å².